The first kappa shape index (κ1) is 11.7. The third-order valence-corrected chi connectivity index (χ3v) is 5.36. The molecule has 0 radical (unpaired) electrons. The molecule has 0 unspecified atom stereocenters. The van der Waals surface area contributed by atoms with Crippen molar-refractivity contribution in [3.63, 3.8) is 0 Å². The monoisotopic (exact) mass is 250 g/mol. The van der Waals surface area contributed by atoms with Crippen molar-refractivity contribution in [2.24, 2.45) is 5.73 Å². The lowest BCUT2D eigenvalue weighted by atomic mass is 10.1. The fourth-order valence-corrected chi connectivity index (χ4v) is 4.36. The van der Waals surface area contributed by atoms with Gasteiger partial charge in [-0.3, -0.25) is 4.90 Å². The van der Waals surface area contributed by atoms with E-state index in [0.29, 0.717) is 6.04 Å². The third kappa shape index (κ3) is 2.72. The van der Waals surface area contributed by atoms with Crippen LogP contribution in [0, 0.1) is 0 Å². The summed E-state index contributed by atoms with van der Waals surface area (Å²) in [6.45, 7) is 3.37. The summed E-state index contributed by atoms with van der Waals surface area (Å²) >= 11 is 2.04. The van der Waals surface area contributed by atoms with Crippen molar-refractivity contribution < 1.29 is 0 Å². The average Bonchev–Trinajstić information content (AvgIpc) is 3.00. The fourth-order valence-electron chi connectivity index (χ4n) is 3.14. The highest BCUT2D eigenvalue weighted by atomic mass is 32.1. The first-order valence-electron chi connectivity index (χ1n) is 6.88. The Kier molecular flexibility index (Phi) is 3.50. The summed E-state index contributed by atoms with van der Waals surface area (Å²) in [5, 5.41) is 0. The van der Waals surface area contributed by atoms with E-state index in [2.05, 4.69) is 17.0 Å². The van der Waals surface area contributed by atoms with E-state index in [9.17, 15) is 0 Å². The fraction of sp³-hybridized carbons (Fsp3) is 0.714. The quantitative estimate of drug-likeness (QED) is 0.893. The molecule has 0 spiro atoms. The van der Waals surface area contributed by atoms with E-state index in [4.69, 9.17) is 5.73 Å². The van der Waals surface area contributed by atoms with Crippen LogP contribution in [0.2, 0.25) is 0 Å². The molecule has 1 saturated carbocycles. The SMILES string of the molecule is N[C@H]1CCN(Cc2ccc(C3CCCC3)s2)C1. The number of hydrogen-bond donors (Lipinski definition) is 1. The van der Waals surface area contributed by atoms with Gasteiger partial charge in [-0.2, -0.15) is 0 Å². The van der Waals surface area contributed by atoms with Crippen LogP contribution in [-0.4, -0.2) is 24.0 Å². The highest BCUT2D eigenvalue weighted by Gasteiger charge is 2.21. The molecule has 1 atom stereocenters. The van der Waals surface area contributed by atoms with Crippen LogP contribution in [0.25, 0.3) is 0 Å². The number of nitrogens with zero attached hydrogens (tertiary/aromatic N) is 1. The van der Waals surface area contributed by atoms with Gasteiger partial charge in [0, 0.05) is 35.4 Å². The maximum absolute atomic E-state index is 5.95. The second-order valence-corrected chi connectivity index (χ2v) is 6.77. The molecule has 1 aliphatic heterocycles. The van der Waals surface area contributed by atoms with Gasteiger partial charge in [0.05, 0.1) is 0 Å². The zero-order valence-corrected chi connectivity index (χ0v) is 11.2. The summed E-state index contributed by atoms with van der Waals surface area (Å²) in [6, 6.07) is 5.11. The van der Waals surface area contributed by atoms with Crippen LogP contribution in [0.1, 0.15) is 47.8 Å². The summed E-state index contributed by atoms with van der Waals surface area (Å²) in [7, 11) is 0. The van der Waals surface area contributed by atoms with Gasteiger partial charge in [-0.15, -0.1) is 11.3 Å². The minimum atomic E-state index is 0.407. The largest absolute Gasteiger partial charge is 0.326 e. The van der Waals surface area contributed by atoms with Crippen molar-refractivity contribution in [1.29, 1.82) is 0 Å². The predicted octanol–water partition coefficient (Wildman–Crippen LogP) is 2.94. The normalized spacial score (nSPS) is 27.0. The third-order valence-electron chi connectivity index (χ3n) is 4.13. The van der Waals surface area contributed by atoms with Gasteiger partial charge < -0.3 is 5.73 Å². The topological polar surface area (TPSA) is 29.3 Å². The van der Waals surface area contributed by atoms with E-state index in [1.807, 2.05) is 11.3 Å². The molecular formula is C14H22N2S. The van der Waals surface area contributed by atoms with Crippen LogP contribution in [0.5, 0.6) is 0 Å². The van der Waals surface area contributed by atoms with Gasteiger partial charge in [-0.05, 0) is 37.3 Å². The molecule has 1 saturated heterocycles. The number of hydrogen-bond acceptors (Lipinski definition) is 3. The molecule has 17 heavy (non-hydrogen) atoms. The van der Waals surface area contributed by atoms with Crippen molar-refractivity contribution in [2.45, 2.75) is 50.6 Å². The maximum atomic E-state index is 5.95. The Labute approximate surface area is 108 Å². The smallest absolute Gasteiger partial charge is 0.0328 e. The van der Waals surface area contributed by atoms with Crippen LogP contribution in [-0.2, 0) is 6.54 Å². The molecule has 0 amide bonds. The van der Waals surface area contributed by atoms with E-state index in [1.165, 1.54) is 43.5 Å². The van der Waals surface area contributed by atoms with Crippen LogP contribution >= 0.6 is 11.3 Å². The molecule has 94 valence electrons. The Hall–Kier alpha value is -0.380. The van der Waals surface area contributed by atoms with Crippen molar-refractivity contribution in [1.82, 2.24) is 4.90 Å². The molecule has 1 aromatic rings. The summed E-state index contributed by atoms with van der Waals surface area (Å²) in [4.78, 5) is 5.65. The predicted molar refractivity (Wildman–Crippen MR) is 73.4 cm³/mol. The van der Waals surface area contributed by atoms with Crippen LogP contribution < -0.4 is 5.73 Å². The minimum absolute atomic E-state index is 0.407. The van der Waals surface area contributed by atoms with Crippen molar-refractivity contribution in [2.75, 3.05) is 13.1 Å². The van der Waals surface area contributed by atoms with Gasteiger partial charge in [0.1, 0.15) is 0 Å². The number of thiophene rings is 1. The lowest BCUT2D eigenvalue weighted by Gasteiger charge is -2.13. The molecular weight excluding hydrogens is 228 g/mol. The zero-order valence-electron chi connectivity index (χ0n) is 10.4. The molecule has 0 aromatic carbocycles. The molecule has 1 aromatic heterocycles. The Balaban J connectivity index is 1.60. The highest BCUT2D eigenvalue weighted by molar-refractivity contribution is 7.12. The Morgan fingerprint density at radius 1 is 1.24 bits per heavy atom. The van der Waals surface area contributed by atoms with E-state index < -0.39 is 0 Å². The van der Waals surface area contributed by atoms with Gasteiger partial charge in [0.15, 0.2) is 0 Å². The molecule has 2 fully saturated rings. The van der Waals surface area contributed by atoms with Gasteiger partial charge in [0.25, 0.3) is 0 Å². The second kappa shape index (κ2) is 5.09. The van der Waals surface area contributed by atoms with E-state index in [-0.39, 0.29) is 0 Å². The van der Waals surface area contributed by atoms with Gasteiger partial charge in [-0.25, -0.2) is 0 Å². The van der Waals surface area contributed by atoms with Crippen LogP contribution in [0.15, 0.2) is 12.1 Å². The second-order valence-electron chi connectivity index (χ2n) is 5.57. The summed E-state index contributed by atoms with van der Waals surface area (Å²) in [6.07, 6.45) is 6.85. The Morgan fingerprint density at radius 2 is 2.06 bits per heavy atom. The molecule has 2 aliphatic rings. The molecule has 3 rings (SSSR count). The number of nitrogens with two attached hydrogens (primary N) is 1. The molecule has 0 bridgehead atoms. The van der Waals surface area contributed by atoms with Crippen LogP contribution in [0.3, 0.4) is 0 Å². The van der Waals surface area contributed by atoms with Crippen molar-refractivity contribution in [3.8, 4) is 0 Å². The molecule has 2 N–H and O–H groups in total. The van der Waals surface area contributed by atoms with Gasteiger partial charge in [0.2, 0.25) is 0 Å². The number of likely N-dealkylation sites (tertiary alicyclic amines) is 1. The summed E-state index contributed by atoms with van der Waals surface area (Å²) < 4.78 is 0. The lowest BCUT2D eigenvalue weighted by Crippen LogP contribution is -2.25. The average molecular weight is 250 g/mol. The highest BCUT2D eigenvalue weighted by Crippen LogP contribution is 2.37. The van der Waals surface area contributed by atoms with E-state index in [1.54, 1.807) is 4.88 Å². The zero-order chi connectivity index (χ0) is 11.7. The first-order chi connectivity index (χ1) is 8.31. The van der Waals surface area contributed by atoms with Gasteiger partial charge in [-0.1, -0.05) is 12.8 Å². The van der Waals surface area contributed by atoms with Crippen molar-refractivity contribution in [3.05, 3.63) is 21.9 Å². The standard InChI is InChI=1S/C14H22N2S/c15-12-7-8-16(9-12)10-13-5-6-14(17-13)11-3-1-2-4-11/h5-6,11-12H,1-4,7-10,15H2/t12-/m0/s1. The molecule has 2 nitrogen and oxygen atoms in total. The van der Waals surface area contributed by atoms with E-state index >= 15 is 0 Å². The van der Waals surface area contributed by atoms with Gasteiger partial charge >= 0.3 is 0 Å². The number of rotatable bonds is 3. The van der Waals surface area contributed by atoms with Crippen molar-refractivity contribution >= 4 is 11.3 Å². The molecule has 2 heterocycles. The Bertz CT molecular complexity index is 368. The summed E-state index contributed by atoms with van der Waals surface area (Å²) in [5.41, 5.74) is 5.95. The first-order valence-corrected chi connectivity index (χ1v) is 7.69. The van der Waals surface area contributed by atoms with E-state index in [0.717, 1.165) is 19.0 Å². The maximum Gasteiger partial charge on any atom is 0.0328 e. The molecule has 3 heteroatoms. The lowest BCUT2D eigenvalue weighted by molar-refractivity contribution is 0.330. The van der Waals surface area contributed by atoms with Crippen LogP contribution in [0.4, 0.5) is 0 Å². The summed E-state index contributed by atoms with van der Waals surface area (Å²) in [5.74, 6) is 0.870. The minimum Gasteiger partial charge on any atom is -0.326 e. The Morgan fingerprint density at radius 3 is 2.76 bits per heavy atom. The molecule has 1 aliphatic carbocycles.